The number of aryl methyl sites for hydroxylation is 2. The lowest BCUT2D eigenvalue weighted by Crippen LogP contribution is -2.26. The molecule has 0 aromatic heterocycles. The number of nitrogens with one attached hydrogen (secondary N) is 1. The van der Waals surface area contributed by atoms with Gasteiger partial charge in [0.25, 0.3) is 0 Å². The molecule has 0 bridgehead atoms. The summed E-state index contributed by atoms with van der Waals surface area (Å²) in [4.78, 5) is 0. The zero-order valence-corrected chi connectivity index (χ0v) is 12.1. The predicted octanol–water partition coefficient (Wildman–Crippen LogP) is 4.01. The van der Waals surface area contributed by atoms with Crippen LogP contribution in [-0.4, -0.2) is 13.1 Å². The third kappa shape index (κ3) is 3.58. The first kappa shape index (κ1) is 13.6. The van der Waals surface area contributed by atoms with E-state index < -0.39 is 0 Å². The molecule has 2 unspecified atom stereocenters. The lowest BCUT2D eigenvalue weighted by Gasteiger charge is -2.20. The summed E-state index contributed by atoms with van der Waals surface area (Å²) in [6.45, 7) is 4.42. The highest BCUT2D eigenvalue weighted by Crippen LogP contribution is 2.26. The molecule has 1 N–H and O–H groups in total. The van der Waals surface area contributed by atoms with Crippen LogP contribution in [0.3, 0.4) is 0 Å². The predicted molar refractivity (Wildman–Crippen MR) is 79.0 cm³/mol. The molecule has 1 saturated carbocycles. The minimum atomic E-state index is 0.740. The van der Waals surface area contributed by atoms with Crippen molar-refractivity contribution in [2.45, 2.75) is 58.4 Å². The average molecular weight is 245 g/mol. The first-order chi connectivity index (χ1) is 8.69. The van der Waals surface area contributed by atoms with E-state index in [1.807, 2.05) is 0 Å². The van der Waals surface area contributed by atoms with E-state index in [0.29, 0.717) is 0 Å². The highest BCUT2D eigenvalue weighted by molar-refractivity contribution is 5.30. The average Bonchev–Trinajstić information content (AvgIpc) is 2.59. The summed E-state index contributed by atoms with van der Waals surface area (Å²) in [6, 6.07) is 7.72. The van der Waals surface area contributed by atoms with Gasteiger partial charge in [0.05, 0.1) is 0 Å². The van der Waals surface area contributed by atoms with Gasteiger partial charge in [0, 0.05) is 6.04 Å². The molecule has 18 heavy (non-hydrogen) atoms. The first-order valence-electron chi connectivity index (χ1n) is 7.42. The molecule has 0 heterocycles. The van der Waals surface area contributed by atoms with Gasteiger partial charge in [0.2, 0.25) is 0 Å². The molecular formula is C17H27N. The summed E-state index contributed by atoms with van der Waals surface area (Å²) in [5, 5.41) is 3.48. The number of benzene rings is 1. The SMILES string of the molecule is CNC1CCCCC(Cc2ccc(C)c(C)c2)C1. The van der Waals surface area contributed by atoms with Gasteiger partial charge in [-0.25, -0.2) is 0 Å². The molecule has 0 radical (unpaired) electrons. The first-order valence-corrected chi connectivity index (χ1v) is 7.42. The van der Waals surface area contributed by atoms with Crippen molar-refractivity contribution in [2.24, 2.45) is 5.92 Å². The fourth-order valence-corrected chi connectivity index (χ4v) is 3.17. The van der Waals surface area contributed by atoms with Gasteiger partial charge in [-0.3, -0.25) is 0 Å². The Morgan fingerprint density at radius 3 is 2.61 bits per heavy atom. The van der Waals surface area contributed by atoms with Crippen molar-refractivity contribution in [3.05, 3.63) is 34.9 Å². The van der Waals surface area contributed by atoms with E-state index in [2.05, 4.69) is 44.4 Å². The summed E-state index contributed by atoms with van der Waals surface area (Å²) in [7, 11) is 2.11. The van der Waals surface area contributed by atoms with E-state index in [0.717, 1.165) is 12.0 Å². The van der Waals surface area contributed by atoms with E-state index >= 15 is 0 Å². The lowest BCUT2D eigenvalue weighted by atomic mass is 9.90. The van der Waals surface area contributed by atoms with E-state index in [9.17, 15) is 0 Å². The number of hydrogen-bond acceptors (Lipinski definition) is 1. The molecule has 1 aliphatic carbocycles. The Hall–Kier alpha value is -0.820. The maximum Gasteiger partial charge on any atom is 0.00668 e. The maximum atomic E-state index is 3.48. The standard InChI is InChI=1S/C17H27N/c1-13-8-9-16(10-14(13)2)11-15-6-4-5-7-17(12-15)18-3/h8-10,15,17-18H,4-7,11-12H2,1-3H3. The Bertz CT molecular complexity index is 383. The smallest absolute Gasteiger partial charge is 0.00668 e. The van der Waals surface area contributed by atoms with Crippen molar-refractivity contribution in [3.63, 3.8) is 0 Å². The van der Waals surface area contributed by atoms with Crippen LogP contribution in [0, 0.1) is 19.8 Å². The molecule has 1 aromatic carbocycles. The summed E-state index contributed by atoms with van der Waals surface area (Å²) >= 11 is 0. The largest absolute Gasteiger partial charge is 0.317 e. The van der Waals surface area contributed by atoms with E-state index in [1.165, 1.54) is 55.2 Å². The highest BCUT2D eigenvalue weighted by Gasteiger charge is 2.19. The van der Waals surface area contributed by atoms with Crippen molar-refractivity contribution < 1.29 is 0 Å². The van der Waals surface area contributed by atoms with Gasteiger partial charge in [-0.1, -0.05) is 37.5 Å². The summed E-state index contributed by atoms with van der Waals surface area (Å²) in [6.07, 6.45) is 8.19. The molecular weight excluding hydrogens is 218 g/mol. The number of rotatable bonds is 3. The molecule has 0 aliphatic heterocycles. The molecule has 100 valence electrons. The van der Waals surface area contributed by atoms with Crippen molar-refractivity contribution in [2.75, 3.05) is 7.05 Å². The number of hydrogen-bond donors (Lipinski definition) is 1. The Balaban J connectivity index is 2.00. The Kier molecular flexibility index (Phi) is 4.82. The van der Waals surface area contributed by atoms with Crippen LogP contribution in [0.15, 0.2) is 18.2 Å². The second-order valence-corrected chi connectivity index (χ2v) is 5.99. The second-order valence-electron chi connectivity index (χ2n) is 5.99. The van der Waals surface area contributed by atoms with Crippen LogP contribution in [0.2, 0.25) is 0 Å². The fraction of sp³-hybridized carbons (Fsp3) is 0.647. The fourth-order valence-electron chi connectivity index (χ4n) is 3.17. The molecule has 2 rings (SSSR count). The quantitative estimate of drug-likeness (QED) is 0.793. The van der Waals surface area contributed by atoms with Crippen LogP contribution < -0.4 is 5.32 Å². The lowest BCUT2D eigenvalue weighted by molar-refractivity contribution is 0.400. The molecule has 1 aromatic rings. The highest BCUT2D eigenvalue weighted by atomic mass is 14.9. The van der Waals surface area contributed by atoms with E-state index in [-0.39, 0.29) is 0 Å². The monoisotopic (exact) mass is 245 g/mol. The van der Waals surface area contributed by atoms with Gasteiger partial charge in [-0.15, -0.1) is 0 Å². The van der Waals surface area contributed by atoms with Crippen LogP contribution in [0.1, 0.15) is 48.8 Å². The molecule has 1 fully saturated rings. The Morgan fingerprint density at radius 2 is 1.89 bits per heavy atom. The van der Waals surface area contributed by atoms with Gasteiger partial charge < -0.3 is 5.32 Å². The summed E-state index contributed by atoms with van der Waals surface area (Å²) in [5.41, 5.74) is 4.37. The van der Waals surface area contributed by atoms with Crippen LogP contribution in [-0.2, 0) is 6.42 Å². The third-order valence-corrected chi connectivity index (χ3v) is 4.54. The third-order valence-electron chi connectivity index (χ3n) is 4.54. The van der Waals surface area contributed by atoms with E-state index in [1.54, 1.807) is 0 Å². The second kappa shape index (κ2) is 6.38. The molecule has 2 atom stereocenters. The minimum Gasteiger partial charge on any atom is -0.317 e. The van der Waals surface area contributed by atoms with Crippen molar-refractivity contribution in [3.8, 4) is 0 Å². The molecule has 0 spiro atoms. The van der Waals surface area contributed by atoms with Gasteiger partial charge in [0.1, 0.15) is 0 Å². The molecule has 0 amide bonds. The summed E-state index contributed by atoms with van der Waals surface area (Å²) < 4.78 is 0. The molecule has 1 nitrogen and oxygen atoms in total. The van der Waals surface area contributed by atoms with Crippen LogP contribution in [0.25, 0.3) is 0 Å². The van der Waals surface area contributed by atoms with Gasteiger partial charge in [-0.05, 0) is 62.8 Å². The van der Waals surface area contributed by atoms with Crippen molar-refractivity contribution in [1.82, 2.24) is 5.32 Å². The van der Waals surface area contributed by atoms with Gasteiger partial charge in [-0.2, -0.15) is 0 Å². The molecule has 1 aliphatic rings. The normalized spacial score (nSPS) is 24.8. The molecule has 1 heteroatoms. The zero-order chi connectivity index (χ0) is 13.0. The summed E-state index contributed by atoms with van der Waals surface area (Å²) in [5.74, 6) is 0.868. The Labute approximate surface area is 112 Å². The van der Waals surface area contributed by atoms with Gasteiger partial charge in [0.15, 0.2) is 0 Å². The van der Waals surface area contributed by atoms with Crippen molar-refractivity contribution >= 4 is 0 Å². The topological polar surface area (TPSA) is 12.0 Å². The van der Waals surface area contributed by atoms with Crippen LogP contribution in [0.5, 0.6) is 0 Å². The Morgan fingerprint density at radius 1 is 1.11 bits per heavy atom. The van der Waals surface area contributed by atoms with Crippen LogP contribution in [0.4, 0.5) is 0 Å². The van der Waals surface area contributed by atoms with E-state index in [4.69, 9.17) is 0 Å². The van der Waals surface area contributed by atoms with Crippen molar-refractivity contribution in [1.29, 1.82) is 0 Å². The van der Waals surface area contributed by atoms with Crippen LogP contribution >= 0.6 is 0 Å². The minimum absolute atomic E-state index is 0.740. The molecule has 0 saturated heterocycles. The van der Waals surface area contributed by atoms with Gasteiger partial charge >= 0.3 is 0 Å². The maximum absolute atomic E-state index is 3.48. The zero-order valence-electron chi connectivity index (χ0n) is 12.1.